The summed E-state index contributed by atoms with van der Waals surface area (Å²) in [6.07, 6.45) is 6.74. The first-order valence-corrected chi connectivity index (χ1v) is 10.4. The van der Waals surface area contributed by atoms with Crippen LogP contribution in [0.4, 0.5) is 5.69 Å². The SMILES string of the molecule is Cn1cc(N2CCN(CC(=O)N3CCC(Cc4ccccc4)CC3)CC2=O)cn1. The van der Waals surface area contributed by atoms with Crippen LogP contribution in [0.25, 0.3) is 0 Å². The third-order valence-corrected chi connectivity index (χ3v) is 6.00. The summed E-state index contributed by atoms with van der Waals surface area (Å²) in [5, 5.41) is 4.14. The Morgan fingerprint density at radius 1 is 1.10 bits per heavy atom. The van der Waals surface area contributed by atoms with Crippen LogP contribution in [-0.2, 0) is 23.1 Å². The number of hydrogen-bond donors (Lipinski definition) is 0. The molecule has 1 aromatic heterocycles. The van der Waals surface area contributed by atoms with E-state index in [1.54, 1.807) is 15.8 Å². The Kier molecular flexibility index (Phi) is 5.94. The van der Waals surface area contributed by atoms with Gasteiger partial charge in [-0.25, -0.2) is 0 Å². The van der Waals surface area contributed by atoms with Gasteiger partial charge in [-0.2, -0.15) is 5.10 Å². The van der Waals surface area contributed by atoms with Crippen LogP contribution in [0, 0.1) is 5.92 Å². The molecule has 7 heteroatoms. The fourth-order valence-corrected chi connectivity index (χ4v) is 4.30. The molecule has 7 nitrogen and oxygen atoms in total. The van der Waals surface area contributed by atoms with Gasteiger partial charge in [-0.05, 0) is 30.7 Å². The van der Waals surface area contributed by atoms with E-state index in [9.17, 15) is 9.59 Å². The van der Waals surface area contributed by atoms with E-state index >= 15 is 0 Å². The highest BCUT2D eigenvalue weighted by atomic mass is 16.2. The molecule has 2 amide bonds. The highest BCUT2D eigenvalue weighted by molar-refractivity contribution is 5.95. The summed E-state index contributed by atoms with van der Waals surface area (Å²) >= 11 is 0. The number of nitrogens with zero attached hydrogens (tertiary/aromatic N) is 5. The average molecular weight is 396 g/mol. The minimum Gasteiger partial charge on any atom is -0.342 e. The minimum atomic E-state index is 0.0265. The molecule has 0 N–H and O–H groups in total. The Balaban J connectivity index is 1.23. The van der Waals surface area contributed by atoms with Gasteiger partial charge in [0.05, 0.1) is 25.0 Å². The topological polar surface area (TPSA) is 61.7 Å². The van der Waals surface area contributed by atoms with Crippen molar-refractivity contribution in [1.82, 2.24) is 19.6 Å². The lowest BCUT2D eigenvalue weighted by molar-refractivity contribution is -0.134. The molecule has 0 radical (unpaired) electrons. The van der Waals surface area contributed by atoms with Crippen molar-refractivity contribution in [3.05, 3.63) is 48.3 Å². The number of hydrogen-bond acceptors (Lipinski definition) is 4. The van der Waals surface area contributed by atoms with Gasteiger partial charge in [-0.1, -0.05) is 30.3 Å². The number of piperazine rings is 1. The normalized spacial score (nSPS) is 19.0. The molecule has 154 valence electrons. The molecular formula is C22H29N5O2. The Bertz CT molecular complexity index is 842. The molecule has 2 aliphatic rings. The zero-order chi connectivity index (χ0) is 20.2. The molecule has 0 aliphatic carbocycles. The fraction of sp³-hybridized carbons (Fsp3) is 0.500. The molecule has 2 aromatic rings. The Morgan fingerprint density at radius 3 is 2.52 bits per heavy atom. The van der Waals surface area contributed by atoms with E-state index in [1.165, 1.54) is 5.56 Å². The van der Waals surface area contributed by atoms with Crippen LogP contribution in [-0.4, -0.2) is 70.7 Å². The molecule has 29 heavy (non-hydrogen) atoms. The lowest BCUT2D eigenvalue weighted by Crippen LogP contribution is -2.53. The number of rotatable bonds is 5. The summed E-state index contributed by atoms with van der Waals surface area (Å²) in [6, 6.07) is 10.6. The first-order chi connectivity index (χ1) is 14.1. The largest absolute Gasteiger partial charge is 0.342 e. The quantitative estimate of drug-likeness (QED) is 0.771. The van der Waals surface area contributed by atoms with Gasteiger partial charge in [0.2, 0.25) is 11.8 Å². The van der Waals surface area contributed by atoms with Crippen LogP contribution in [0.1, 0.15) is 18.4 Å². The van der Waals surface area contributed by atoms with E-state index in [1.807, 2.05) is 29.1 Å². The third kappa shape index (κ3) is 4.85. The van der Waals surface area contributed by atoms with Gasteiger partial charge in [-0.15, -0.1) is 0 Å². The van der Waals surface area contributed by atoms with Crippen LogP contribution >= 0.6 is 0 Å². The second-order valence-electron chi connectivity index (χ2n) is 8.14. The molecule has 2 saturated heterocycles. The second-order valence-corrected chi connectivity index (χ2v) is 8.14. The van der Waals surface area contributed by atoms with Crippen LogP contribution in [0.3, 0.4) is 0 Å². The standard InChI is InChI=1S/C22H29N5O2/c1-24-15-20(14-23-24)27-12-11-25(17-22(27)29)16-21(28)26-9-7-19(8-10-26)13-18-5-3-2-4-6-18/h2-6,14-15,19H,7-13,16-17H2,1H3. The van der Waals surface area contributed by atoms with Crippen molar-refractivity contribution in [2.75, 3.05) is 44.2 Å². The van der Waals surface area contributed by atoms with Gasteiger partial charge in [0.1, 0.15) is 0 Å². The summed E-state index contributed by atoms with van der Waals surface area (Å²) in [6.45, 7) is 3.55. The van der Waals surface area contributed by atoms with E-state index in [4.69, 9.17) is 0 Å². The maximum absolute atomic E-state index is 12.7. The van der Waals surface area contributed by atoms with Gasteiger partial charge in [0, 0.05) is 39.4 Å². The summed E-state index contributed by atoms with van der Waals surface area (Å²) in [5.74, 6) is 0.815. The lowest BCUT2D eigenvalue weighted by atomic mass is 9.90. The van der Waals surface area contributed by atoms with Crippen molar-refractivity contribution in [3.63, 3.8) is 0 Å². The first-order valence-electron chi connectivity index (χ1n) is 10.4. The molecule has 0 atom stereocenters. The zero-order valence-corrected chi connectivity index (χ0v) is 17.0. The lowest BCUT2D eigenvalue weighted by Gasteiger charge is -2.36. The number of piperidine rings is 1. The monoisotopic (exact) mass is 395 g/mol. The fourth-order valence-electron chi connectivity index (χ4n) is 4.30. The van der Waals surface area contributed by atoms with E-state index in [-0.39, 0.29) is 18.4 Å². The van der Waals surface area contributed by atoms with Gasteiger partial charge in [-0.3, -0.25) is 19.2 Å². The maximum atomic E-state index is 12.7. The Morgan fingerprint density at radius 2 is 1.86 bits per heavy atom. The number of anilines is 1. The van der Waals surface area contributed by atoms with Crippen molar-refractivity contribution >= 4 is 17.5 Å². The van der Waals surface area contributed by atoms with Crippen LogP contribution in [0.15, 0.2) is 42.7 Å². The third-order valence-electron chi connectivity index (χ3n) is 6.00. The Labute approximate surface area is 171 Å². The molecule has 4 rings (SSSR count). The molecule has 3 heterocycles. The maximum Gasteiger partial charge on any atom is 0.241 e. The number of carbonyl (C=O) groups excluding carboxylic acids is 2. The van der Waals surface area contributed by atoms with Crippen LogP contribution in [0.2, 0.25) is 0 Å². The predicted octanol–water partition coefficient (Wildman–Crippen LogP) is 1.55. The summed E-state index contributed by atoms with van der Waals surface area (Å²) in [5.41, 5.74) is 2.20. The molecular weight excluding hydrogens is 366 g/mol. The molecule has 0 bridgehead atoms. The van der Waals surface area contributed by atoms with Gasteiger partial charge >= 0.3 is 0 Å². The van der Waals surface area contributed by atoms with Gasteiger partial charge in [0.15, 0.2) is 0 Å². The highest BCUT2D eigenvalue weighted by Gasteiger charge is 2.29. The molecule has 1 aromatic carbocycles. The molecule has 2 aliphatic heterocycles. The number of carbonyl (C=O) groups is 2. The predicted molar refractivity (Wildman–Crippen MR) is 111 cm³/mol. The van der Waals surface area contributed by atoms with Crippen molar-refractivity contribution in [2.45, 2.75) is 19.3 Å². The number of aryl methyl sites for hydroxylation is 1. The van der Waals surface area contributed by atoms with Gasteiger partial charge < -0.3 is 9.80 Å². The summed E-state index contributed by atoms with van der Waals surface area (Å²) in [7, 11) is 1.84. The van der Waals surface area contributed by atoms with Crippen molar-refractivity contribution in [2.24, 2.45) is 13.0 Å². The van der Waals surface area contributed by atoms with Crippen molar-refractivity contribution in [1.29, 1.82) is 0 Å². The van der Waals surface area contributed by atoms with E-state index < -0.39 is 0 Å². The van der Waals surface area contributed by atoms with E-state index in [2.05, 4.69) is 29.4 Å². The number of likely N-dealkylation sites (tertiary alicyclic amines) is 1. The Hall–Kier alpha value is -2.67. The smallest absolute Gasteiger partial charge is 0.241 e. The minimum absolute atomic E-state index is 0.0265. The van der Waals surface area contributed by atoms with Gasteiger partial charge in [0.25, 0.3) is 0 Å². The number of aromatic nitrogens is 2. The molecule has 0 spiro atoms. The van der Waals surface area contributed by atoms with Crippen molar-refractivity contribution in [3.8, 4) is 0 Å². The van der Waals surface area contributed by atoms with Crippen LogP contribution < -0.4 is 4.90 Å². The van der Waals surface area contributed by atoms with Crippen molar-refractivity contribution < 1.29 is 9.59 Å². The van der Waals surface area contributed by atoms with E-state index in [0.717, 1.165) is 38.0 Å². The van der Waals surface area contributed by atoms with E-state index in [0.29, 0.717) is 25.6 Å². The molecule has 2 fully saturated rings. The summed E-state index contributed by atoms with van der Waals surface area (Å²) < 4.78 is 1.69. The zero-order valence-electron chi connectivity index (χ0n) is 17.0. The first kappa shape index (κ1) is 19.6. The molecule has 0 saturated carbocycles. The molecule has 0 unspecified atom stereocenters. The second kappa shape index (κ2) is 8.78. The summed E-state index contributed by atoms with van der Waals surface area (Å²) in [4.78, 5) is 30.9. The highest BCUT2D eigenvalue weighted by Crippen LogP contribution is 2.22. The number of amides is 2. The van der Waals surface area contributed by atoms with Crippen LogP contribution in [0.5, 0.6) is 0 Å². The number of benzene rings is 1. The average Bonchev–Trinajstić information content (AvgIpc) is 3.15.